The fourth-order valence-corrected chi connectivity index (χ4v) is 4.53. The molecule has 0 radical (unpaired) electrons. The van der Waals surface area contributed by atoms with E-state index in [4.69, 9.17) is 33.2 Å². The summed E-state index contributed by atoms with van der Waals surface area (Å²) in [6.45, 7) is 3.98. The van der Waals surface area contributed by atoms with Gasteiger partial charge in [0.25, 0.3) is 5.56 Å². The molecule has 5 aromatic rings. The SMILES string of the molecule is C=CCn1c(=S)[nH]c2c(oc3nc(-c4cccs4)cc(-c4ccc(Cl)cc4)c32)c1=O. The third-order valence-electron chi connectivity index (χ3n) is 4.82. The maximum Gasteiger partial charge on any atom is 0.298 e. The average Bonchev–Trinajstić information content (AvgIpc) is 3.39. The molecule has 148 valence electrons. The molecule has 0 saturated heterocycles. The zero-order valence-corrected chi connectivity index (χ0v) is 17.9. The third kappa shape index (κ3) is 3.02. The molecule has 0 bridgehead atoms. The van der Waals surface area contributed by atoms with E-state index in [1.807, 2.05) is 47.8 Å². The lowest BCUT2D eigenvalue weighted by Gasteiger charge is -2.07. The number of furan rings is 1. The van der Waals surface area contributed by atoms with Gasteiger partial charge in [-0.3, -0.25) is 9.36 Å². The monoisotopic (exact) mass is 451 g/mol. The summed E-state index contributed by atoms with van der Waals surface area (Å²) in [7, 11) is 0. The number of H-pyrrole nitrogens is 1. The molecule has 0 fully saturated rings. The summed E-state index contributed by atoms with van der Waals surface area (Å²) < 4.78 is 7.69. The minimum atomic E-state index is -0.314. The highest BCUT2D eigenvalue weighted by atomic mass is 35.5. The molecule has 1 N–H and O–H groups in total. The number of pyridine rings is 1. The number of nitrogens with zero attached hydrogens (tertiary/aromatic N) is 2. The predicted octanol–water partition coefficient (Wildman–Crippen LogP) is 6.44. The summed E-state index contributed by atoms with van der Waals surface area (Å²) in [6, 6.07) is 13.5. The second-order valence-electron chi connectivity index (χ2n) is 6.66. The van der Waals surface area contributed by atoms with Crippen LogP contribution in [-0.2, 0) is 6.54 Å². The predicted molar refractivity (Wildman–Crippen MR) is 125 cm³/mol. The quantitative estimate of drug-likeness (QED) is 0.252. The summed E-state index contributed by atoms with van der Waals surface area (Å²) in [5.74, 6) is 0. The lowest BCUT2D eigenvalue weighted by atomic mass is 10.0. The van der Waals surface area contributed by atoms with Crippen molar-refractivity contribution < 1.29 is 4.42 Å². The Morgan fingerprint density at radius 3 is 2.80 bits per heavy atom. The van der Waals surface area contributed by atoms with Crippen molar-refractivity contribution >= 4 is 57.4 Å². The number of allylic oxidation sites excluding steroid dienone is 1. The van der Waals surface area contributed by atoms with Gasteiger partial charge in [-0.25, -0.2) is 4.98 Å². The van der Waals surface area contributed by atoms with Crippen molar-refractivity contribution in [3.05, 3.63) is 80.6 Å². The molecule has 0 aliphatic carbocycles. The largest absolute Gasteiger partial charge is 0.430 e. The average molecular weight is 452 g/mol. The van der Waals surface area contributed by atoms with Crippen molar-refractivity contribution in [3.63, 3.8) is 0 Å². The van der Waals surface area contributed by atoms with Crippen molar-refractivity contribution in [3.8, 4) is 21.7 Å². The summed E-state index contributed by atoms with van der Waals surface area (Å²) in [4.78, 5) is 21.9. The maximum absolute atomic E-state index is 13.0. The molecular weight excluding hydrogens is 438 g/mol. The molecular formula is C22H14ClN3O2S2. The summed E-state index contributed by atoms with van der Waals surface area (Å²) in [5, 5.41) is 3.35. The van der Waals surface area contributed by atoms with Gasteiger partial charge in [0.15, 0.2) is 4.77 Å². The molecule has 0 aliphatic heterocycles. The lowest BCUT2D eigenvalue weighted by Crippen LogP contribution is -2.20. The molecule has 0 saturated carbocycles. The van der Waals surface area contributed by atoms with E-state index in [9.17, 15) is 4.79 Å². The van der Waals surface area contributed by atoms with Crippen molar-refractivity contribution in [2.24, 2.45) is 0 Å². The smallest absolute Gasteiger partial charge is 0.298 e. The van der Waals surface area contributed by atoms with Gasteiger partial charge in [0, 0.05) is 11.6 Å². The Labute approximate surface area is 184 Å². The Morgan fingerprint density at radius 2 is 2.10 bits per heavy atom. The lowest BCUT2D eigenvalue weighted by molar-refractivity contribution is 0.632. The fraction of sp³-hybridized carbons (Fsp3) is 0.0455. The number of fused-ring (bicyclic) bond motifs is 3. The highest BCUT2D eigenvalue weighted by Gasteiger charge is 2.20. The number of nitrogens with one attached hydrogen (secondary N) is 1. The molecule has 5 rings (SSSR count). The van der Waals surface area contributed by atoms with Crippen molar-refractivity contribution in [2.75, 3.05) is 0 Å². The highest BCUT2D eigenvalue weighted by molar-refractivity contribution is 7.71. The molecule has 30 heavy (non-hydrogen) atoms. The summed E-state index contributed by atoms with van der Waals surface area (Å²) in [5.41, 5.74) is 3.37. The molecule has 4 aromatic heterocycles. The third-order valence-corrected chi connectivity index (χ3v) is 6.29. The van der Waals surface area contributed by atoms with Gasteiger partial charge >= 0.3 is 0 Å². The molecule has 0 unspecified atom stereocenters. The van der Waals surface area contributed by atoms with Crippen LogP contribution in [0.3, 0.4) is 0 Å². The zero-order chi connectivity index (χ0) is 20.8. The van der Waals surface area contributed by atoms with Crippen LogP contribution in [0.15, 0.2) is 69.7 Å². The standard InChI is InChI=1S/C22H14ClN3O2S2/c1-2-9-26-21(27)19-18(25-22(26)29)17-14(12-5-7-13(23)8-6-12)11-15(24-20(17)28-19)16-4-3-10-30-16/h2-8,10-11H,1,9H2,(H,25,29). The molecule has 0 spiro atoms. The Balaban J connectivity index is 1.92. The van der Waals surface area contributed by atoms with Gasteiger partial charge in [0.1, 0.15) is 5.52 Å². The first-order chi connectivity index (χ1) is 14.6. The van der Waals surface area contributed by atoms with Crippen molar-refractivity contribution in [2.45, 2.75) is 6.54 Å². The summed E-state index contributed by atoms with van der Waals surface area (Å²) in [6.07, 6.45) is 1.62. The normalized spacial score (nSPS) is 11.4. The van der Waals surface area contributed by atoms with Crippen molar-refractivity contribution in [1.82, 2.24) is 14.5 Å². The van der Waals surface area contributed by atoms with Crippen LogP contribution in [-0.4, -0.2) is 14.5 Å². The van der Waals surface area contributed by atoms with Crippen LogP contribution < -0.4 is 5.56 Å². The Bertz CT molecular complexity index is 1530. The van der Waals surface area contributed by atoms with Crippen LogP contribution in [0.2, 0.25) is 5.02 Å². The molecule has 5 nitrogen and oxygen atoms in total. The van der Waals surface area contributed by atoms with E-state index in [1.54, 1.807) is 17.4 Å². The first-order valence-corrected chi connectivity index (χ1v) is 10.7. The molecule has 0 aliphatic rings. The van der Waals surface area contributed by atoms with Crippen LogP contribution in [0.25, 0.3) is 43.9 Å². The molecule has 8 heteroatoms. The Kier molecular flexibility index (Phi) is 4.66. The maximum atomic E-state index is 13.0. The number of hydrogen-bond acceptors (Lipinski definition) is 5. The fourth-order valence-electron chi connectivity index (χ4n) is 3.46. The molecule has 1 aromatic carbocycles. The van der Waals surface area contributed by atoms with E-state index in [0.717, 1.165) is 21.7 Å². The van der Waals surface area contributed by atoms with Gasteiger partial charge in [0.2, 0.25) is 11.3 Å². The van der Waals surface area contributed by atoms with E-state index in [2.05, 4.69) is 11.6 Å². The van der Waals surface area contributed by atoms with Crippen LogP contribution in [0.5, 0.6) is 0 Å². The number of aromatic amines is 1. The first-order valence-electron chi connectivity index (χ1n) is 9.08. The topological polar surface area (TPSA) is 63.8 Å². The van der Waals surface area contributed by atoms with Crippen LogP contribution in [0, 0.1) is 4.77 Å². The number of hydrogen-bond donors (Lipinski definition) is 1. The highest BCUT2D eigenvalue weighted by Crippen LogP contribution is 2.37. The van der Waals surface area contributed by atoms with E-state index >= 15 is 0 Å². The van der Waals surface area contributed by atoms with Gasteiger partial charge in [-0.05, 0) is 53.0 Å². The Morgan fingerprint density at radius 1 is 1.30 bits per heavy atom. The van der Waals surface area contributed by atoms with Gasteiger partial charge in [-0.2, -0.15) is 0 Å². The van der Waals surface area contributed by atoms with Crippen LogP contribution >= 0.6 is 35.2 Å². The van der Waals surface area contributed by atoms with Crippen LogP contribution in [0.1, 0.15) is 0 Å². The number of benzene rings is 1. The van der Waals surface area contributed by atoms with Crippen LogP contribution in [0.4, 0.5) is 0 Å². The van der Waals surface area contributed by atoms with Gasteiger partial charge in [-0.15, -0.1) is 17.9 Å². The number of thiophene rings is 1. The minimum absolute atomic E-state index is 0.187. The number of rotatable bonds is 4. The zero-order valence-electron chi connectivity index (χ0n) is 15.5. The number of halogens is 1. The van der Waals surface area contributed by atoms with E-state index in [0.29, 0.717) is 33.0 Å². The second-order valence-corrected chi connectivity index (χ2v) is 8.43. The van der Waals surface area contributed by atoms with Gasteiger partial charge in [0.05, 0.1) is 16.0 Å². The summed E-state index contributed by atoms with van der Waals surface area (Å²) >= 11 is 13.1. The first kappa shape index (κ1) is 19.0. The van der Waals surface area contributed by atoms with Crippen molar-refractivity contribution in [1.29, 1.82) is 0 Å². The minimum Gasteiger partial charge on any atom is -0.430 e. The molecule has 4 heterocycles. The molecule has 0 atom stereocenters. The molecule has 0 amide bonds. The van der Waals surface area contributed by atoms with E-state index < -0.39 is 0 Å². The number of aromatic nitrogens is 3. The van der Waals surface area contributed by atoms with Gasteiger partial charge in [-0.1, -0.05) is 35.9 Å². The van der Waals surface area contributed by atoms with E-state index in [1.165, 1.54) is 4.57 Å². The Hall–Kier alpha value is -3.00. The van der Waals surface area contributed by atoms with E-state index in [-0.39, 0.29) is 11.1 Å². The second kappa shape index (κ2) is 7.36. The van der Waals surface area contributed by atoms with Gasteiger partial charge < -0.3 is 9.40 Å².